The monoisotopic (exact) mass is 186 g/mol. The molecule has 0 radical (unpaired) electrons. The van der Waals surface area contributed by atoms with Crippen molar-refractivity contribution in [3.63, 3.8) is 0 Å². The highest BCUT2D eigenvalue weighted by Crippen LogP contribution is 2.22. The van der Waals surface area contributed by atoms with E-state index in [-0.39, 0.29) is 12.8 Å². The molecular weight excluding hydrogens is 178 g/mol. The third kappa shape index (κ3) is 3.36. The molecule has 0 atom stereocenters. The zero-order chi connectivity index (χ0) is 6.62. The Kier molecular flexibility index (Phi) is 3.53. The molecule has 0 fully saturated rings. The van der Waals surface area contributed by atoms with Gasteiger partial charge in [-0.05, 0) is 0 Å². The van der Waals surface area contributed by atoms with E-state index in [1.807, 2.05) is 0 Å². The van der Waals surface area contributed by atoms with Gasteiger partial charge in [0.25, 0.3) is 0 Å². The van der Waals surface area contributed by atoms with Gasteiger partial charge in [-0.25, -0.2) is 8.78 Å². The quantitative estimate of drug-likeness (QED) is 0.596. The summed E-state index contributed by atoms with van der Waals surface area (Å²) in [6.45, 7) is 1.49. The molecule has 0 aliphatic carbocycles. The van der Waals surface area contributed by atoms with Crippen molar-refractivity contribution in [2.24, 2.45) is 0 Å². The zero-order valence-corrected chi connectivity index (χ0v) is 6.34. The van der Waals surface area contributed by atoms with Crippen LogP contribution in [0.15, 0.2) is 0 Å². The van der Waals surface area contributed by atoms with Gasteiger partial charge < -0.3 is 0 Å². The lowest BCUT2D eigenvalue weighted by atomic mass is 10.2. The molecule has 50 valence electrons. The highest BCUT2D eigenvalue weighted by molar-refractivity contribution is 9.09. The minimum absolute atomic E-state index is 0.0521. The molecule has 0 spiro atoms. The van der Waals surface area contributed by atoms with Crippen molar-refractivity contribution in [1.29, 1.82) is 0 Å². The molecule has 0 aliphatic rings. The van der Waals surface area contributed by atoms with E-state index in [2.05, 4.69) is 15.9 Å². The summed E-state index contributed by atoms with van der Waals surface area (Å²) in [6, 6.07) is 0. The average Bonchev–Trinajstić information content (AvgIpc) is 1.67. The summed E-state index contributed by atoms with van der Waals surface area (Å²) >= 11 is 2.95. The highest BCUT2D eigenvalue weighted by atomic mass is 79.9. The molecule has 0 amide bonds. The molecule has 0 aromatic heterocycles. The highest BCUT2D eigenvalue weighted by Gasteiger charge is 2.24. The predicted molar refractivity (Wildman–Crippen MR) is 33.6 cm³/mol. The summed E-state index contributed by atoms with van der Waals surface area (Å²) in [4.78, 5) is 0. The van der Waals surface area contributed by atoms with Gasteiger partial charge >= 0.3 is 0 Å². The van der Waals surface area contributed by atoms with E-state index >= 15 is 0 Å². The van der Waals surface area contributed by atoms with Gasteiger partial charge in [-0.15, -0.1) is 0 Å². The van der Waals surface area contributed by atoms with Crippen LogP contribution in [0.1, 0.15) is 19.8 Å². The number of hydrogen-bond donors (Lipinski definition) is 0. The van der Waals surface area contributed by atoms with Crippen LogP contribution in [0, 0.1) is 0 Å². The molecule has 0 aromatic carbocycles. The minimum atomic E-state index is -2.45. The number of halogens is 3. The van der Waals surface area contributed by atoms with Gasteiger partial charge in [0.2, 0.25) is 5.92 Å². The molecule has 0 N–H and O–H groups in total. The van der Waals surface area contributed by atoms with Crippen molar-refractivity contribution < 1.29 is 8.78 Å². The van der Waals surface area contributed by atoms with E-state index in [0.717, 1.165) is 0 Å². The van der Waals surface area contributed by atoms with Gasteiger partial charge in [-0.1, -0.05) is 22.9 Å². The predicted octanol–water partition coefficient (Wildman–Crippen LogP) is 2.82. The fourth-order valence-electron chi connectivity index (χ4n) is 0.315. The van der Waals surface area contributed by atoms with Crippen molar-refractivity contribution in [2.45, 2.75) is 25.7 Å². The lowest BCUT2D eigenvalue weighted by Crippen LogP contribution is -2.13. The summed E-state index contributed by atoms with van der Waals surface area (Å²) in [7, 11) is 0. The largest absolute Gasteiger partial charge is 0.248 e. The van der Waals surface area contributed by atoms with Crippen LogP contribution in [0.4, 0.5) is 8.78 Å². The molecule has 0 saturated carbocycles. The molecular formula is C5H9BrF2. The lowest BCUT2D eigenvalue weighted by Gasteiger charge is -2.10. The average molecular weight is 187 g/mol. The van der Waals surface area contributed by atoms with Crippen LogP contribution in [-0.2, 0) is 0 Å². The normalized spacial score (nSPS) is 12.0. The van der Waals surface area contributed by atoms with Crippen molar-refractivity contribution in [2.75, 3.05) is 5.33 Å². The maximum Gasteiger partial charge on any atom is 0.248 e. The number of alkyl halides is 3. The van der Waals surface area contributed by atoms with Crippen molar-refractivity contribution in [3.05, 3.63) is 0 Å². The van der Waals surface area contributed by atoms with Crippen LogP contribution in [0.3, 0.4) is 0 Å². The van der Waals surface area contributed by atoms with Crippen LogP contribution >= 0.6 is 15.9 Å². The van der Waals surface area contributed by atoms with Crippen molar-refractivity contribution in [3.8, 4) is 0 Å². The fourth-order valence-corrected chi connectivity index (χ4v) is 0.895. The van der Waals surface area contributed by atoms with E-state index in [0.29, 0.717) is 5.33 Å². The van der Waals surface area contributed by atoms with E-state index in [9.17, 15) is 8.78 Å². The third-order valence-electron chi connectivity index (χ3n) is 0.978. The second kappa shape index (κ2) is 3.38. The molecule has 0 unspecified atom stereocenters. The van der Waals surface area contributed by atoms with Crippen LogP contribution in [0.5, 0.6) is 0 Å². The second-order valence-electron chi connectivity index (χ2n) is 1.65. The van der Waals surface area contributed by atoms with Crippen LogP contribution in [0.2, 0.25) is 0 Å². The third-order valence-corrected chi connectivity index (χ3v) is 1.37. The Hall–Kier alpha value is 0.340. The Morgan fingerprint density at radius 2 is 2.00 bits per heavy atom. The number of rotatable bonds is 3. The second-order valence-corrected chi connectivity index (χ2v) is 2.44. The lowest BCUT2D eigenvalue weighted by molar-refractivity contribution is -0.00496. The van der Waals surface area contributed by atoms with E-state index in [4.69, 9.17) is 0 Å². The first-order valence-corrected chi connectivity index (χ1v) is 3.68. The van der Waals surface area contributed by atoms with Gasteiger partial charge in [0.15, 0.2) is 0 Å². The Morgan fingerprint density at radius 1 is 1.50 bits per heavy atom. The Balaban J connectivity index is 3.37. The van der Waals surface area contributed by atoms with Crippen LogP contribution < -0.4 is 0 Å². The summed E-state index contributed by atoms with van der Waals surface area (Å²) < 4.78 is 24.2. The maximum atomic E-state index is 12.1. The molecule has 0 rings (SSSR count). The Bertz CT molecular complexity index is 63.4. The van der Waals surface area contributed by atoms with E-state index in [1.54, 1.807) is 0 Å². The molecule has 3 heteroatoms. The van der Waals surface area contributed by atoms with Crippen molar-refractivity contribution in [1.82, 2.24) is 0 Å². The summed E-state index contributed by atoms with van der Waals surface area (Å²) in [5.41, 5.74) is 0. The number of hydrogen-bond acceptors (Lipinski definition) is 0. The molecule has 0 aromatic rings. The van der Waals surface area contributed by atoms with Crippen LogP contribution in [0.25, 0.3) is 0 Å². The maximum absolute atomic E-state index is 12.1. The smallest absolute Gasteiger partial charge is 0.207 e. The fraction of sp³-hybridized carbons (Fsp3) is 1.00. The first-order valence-electron chi connectivity index (χ1n) is 2.56. The van der Waals surface area contributed by atoms with Crippen LogP contribution in [-0.4, -0.2) is 11.3 Å². The van der Waals surface area contributed by atoms with Gasteiger partial charge in [-0.3, -0.25) is 0 Å². The van der Waals surface area contributed by atoms with Gasteiger partial charge in [0, 0.05) is 18.2 Å². The molecule has 0 aliphatic heterocycles. The Labute approximate surface area is 56.4 Å². The summed E-state index contributed by atoms with van der Waals surface area (Å²) in [6.07, 6.45) is -0.109. The van der Waals surface area contributed by atoms with Gasteiger partial charge in [-0.2, -0.15) is 0 Å². The molecule has 0 nitrogen and oxygen atoms in total. The summed E-state index contributed by atoms with van der Waals surface area (Å²) in [5, 5.41) is 0.383. The zero-order valence-electron chi connectivity index (χ0n) is 4.76. The summed E-state index contributed by atoms with van der Waals surface area (Å²) in [5.74, 6) is -2.45. The topological polar surface area (TPSA) is 0 Å². The minimum Gasteiger partial charge on any atom is -0.207 e. The first kappa shape index (κ1) is 8.34. The standard InChI is InChI=1S/C5H9BrF2/c1-2-5(7,8)3-4-6/h2-4H2,1H3. The van der Waals surface area contributed by atoms with Crippen molar-refractivity contribution >= 4 is 15.9 Å². The van der Waals surface area contributed by atoms with Gasteiger partial charge in [0.1, 0.15) is 0 Å². The molecule has 8 heavy (non-hydrogen) atoms. The molecule has 0 saturated heterocycles. The molecule has 0 heterocycles. The van der Waals surface area contributed by atoms with Gasteiger partial charge in [0.05, 0.1) is 0 Å². The van der Waals surface area contributed by atoms with E-state index < -0.39 is 5.92 Å². The van der Waals surface area contributed by atoms with E-state index in [1.165, 1.54) is 6.92 Å². The Morgan fingerprint density at radius 3 is 2.12 bits per heavy atom. The molecule has 0 bridgehead atoms. The first-order chi connectivity index (χ1) is 3.62. The SMILES string of the molecule is CCC(F)(F)CCBr.